The minimum absolute atomic E-state index is 0.256. The third-order valence-electron chi connectivity index (χ3n) is 6.30. The van der Waals surface area contributed by atoms with E-state index in [2.05, 4.69) is 24.1 Å². The lowest BCUT2D eigenvalue weighted by Gasteiger charge is -2.35. The number of nitrogens with zero attached hydrogens (tertiary/aromatic N) is 2. The molecular formula is C22H35N3O4S. The molecule has 0 atom stereocenters. The lowest BCUT2D eigenvalue weighted by Crippen LogP contribution is -2.40. The summed E-state index contributed by atoms with van der Waals surface area (Å²) >= 11 is 0. The molecule has 2 aliphatic rings. The molecule has 1 N–H and O–H groups in total. The van der Waals surface area contributed by atoms with Gasteiger partial charge in [-0.2, -0.15) is 4.31 Å². The van der Waals surface area contributed by atoms with Gasteiger partial charge in [-0.1, -0.05) is 13.8 Å². The van der Waals surface area contributed by atoms with E-state index in [0.29, 0.717) is 49.3 Å². The number of benzene rings is 1. The van der Waals surface area contributed by atoms with E-state index < -0.39 is 10.0 Å². The van der Waals surface area contributed by atoms with Gasteiger partial charge in [0, 0.05) is 45.4 Å². The van der Waals surface area contributed by atoms with Gasteiger partial charge in [0.25, 0.3) is 5.91 Å². The van der Waals surface area contributed by atoms with Crippen molar-refractivity contribution in [2.24, 2.45) is 11.8 Å². The molecule has 0 aliphatic carbocycles. The van der Waals surface area contributed by atoms with E-state index in [1.54, 1.807) is 29.6 Å². The molecule has 0 saturated carbocycles. The van der Waals surface area contributed by atoms with Crippen LogP contribution in [0.3, 0.4) is 0 Å². The molecule has 1 aromatic rings. The number of anilines is 1. The molecule has 2 aliphatic heterocycles. The molecule has 7 nitrogen and oxygen atoms in total. The summed E-state index contributed by atoms with van der Waals surface area (Å²) in [7, 11) is -2.10. The topological polar surface area (TPSA) is 79.0 Å². The lowest BCUT2D eigenvalue weighted by molar-refractivity contribution is 0.0937. The minimum Gasteiger partial charge on any atom is -0.383 e. The highest BCUT2D eigenvalue weighted by Crippen LogP contribution is 2.33. The first-order chi connectivity index (χ1) is 14.3. The van der Waals surface area contributed by atoms with Gasteiger partial charge in [-0.15, -0.1) is 0 Å². The van der Waals surface area contributed by atoms with Crippen LogP contribution in [0.2, 0.25) is 0 Å². The van der Waals surface area contributed by atoms with Crippen LogP contribution in [0.4, 0.5) is 5.69 Å². The van der Waals surface area contributed by atoms with Crippen molar-refractivity contribution in [2.75, 3.05) is 51.3 Å². The number of rotatable bonds is 7. The van der Waals surface area contributed by atoms with Crippen molar-refractivity contribution < 1.29 is 17.9 Å². The Morgan fingerprint density at radius 3 is 2.27 bits per heavy atom. The maximum absolute atomic E-state index is 13.6. The summed E-state index contributed by atoms with van der Waals surface area (Å²) in [6, 6.07) is 5.09. The molecule has 2 heterocycles. The van der Waals surface area contributed by atoms with Gasteiger partial charge in [0.1, 0.15) is 4.90 Å². The number of nitrogens with one attached hydrogen (secondary N) is 1. The number of carbonyl (C=O) groups excluding carboxylic acids is 1. The number of sulfonamides is 1. The van der Waals surface area contributed by atoms with E-state index in [1.807, 2.05) is 0 Å². The minimum atomic E-state index is -3.67. The van der Waals surface area contributed by atoms with E-state index in [4.69, 9.17) is 4.74 Å². The van der Waals surface area contributed by atoms with Gasteiger partial charge >= 0.3 is 0 Å². The maximum atomic E-state index is 13.6. The summed E-state index contributed by atoms with van der Waals surface area (Å²) in [5.41, 5.74) is 1.08. The Morgan fingerprint density at radius 2 is 1.67 bits per heavy atom. The summed E-state index contributed by atoms with van der Waals surface area (Å²) in [4.78, 5) is 15.0. The number of amides is 1. The van der Waals surface area contributed by atoms with E-state index in [1.165, 1.54) is 0 Å². The zero-order chi connectivity index (χ0) is 21.7. The molecule has 0 radical (unpaired) electrons. The van der Waals surface area contributed by atoms with Gasteiger partial charge in [0.2, 0.25) is 10.0 Å². The molecule has 8 heteroatoms. The number of carbonyl (C=O) groups is 1. The molecule has 0 unspecified atom stereocenters. The number of ether oxygens (including phenoxy) is 1. The standard InChI is InChI=1S/C22H35N3O4S/c1-17-6-11-24(12-7-17)20-5-4-19(22(26)23-10-15-29-3)16-21(20)30(27,28)25-13-8-18(2)9-14-25/h4-5,16-18H,6-15H2,1-3H3,(H,23,26). The van der Waals surface area contributed by atoms with E-state index in [-0.39, 0.29) is 10.8 Å². The SMILES string of the molecule is COCCNC(=O)c1ccc(N2CCC(C)CC2)c(S(=O)(=O)N2CCC(C)CC2)c1. The fraction of sp³-hybridized carbons (Fsp3) is 0.682. The van der Waals surface area contributed by atoms with Gasteiger partial charge < -0.3 is 15.0 Å². The second kappa shape index (κ2) is 10.1. The van der Waals surface area contributed by atoms with Crippen LogP contribution in [0.1, 0.15) is 49.9 Å². The molecule has 30 heavy (non-hydrogen) atoms. The quantitative estimate of drug-likeness (QED) is 0.664. The Morgan fingerprint density at radius 1 is 1.07 bits per heavy atom. The predicted molar refractivity (Wildman–Crippen MR) is 118 cm³/mol. The van der Waals surface area contributed by atoms with E-state index >= 15 is 0 Å². The molecule has 0 aromatic heterocycles. The lowest BCUT2D eigenvalue weighted by atomic mass is 9.98. The monoisotopic (exact) mass is 437 g/mol. The molecule has 168 valence electrons. The molecule has 3 rings (SSSR count). The fourth-order valence-corrected chi connectivity index (χ4v) is 5.81. The summed E-state index contributed by atoms with van der Waals surface area (Å²) < 4.78 is 33.8. The summed E-state index contributed by atoms with van der Waals surface area (Å²) in [5, 5.41) is 2.78. The Labute approximate surface area is 180 Å². The molecule has 0 bridgehead atoms. The molecule has 2 fully saturated rings. The second-order valence-electron chi connectivity index (χ2n) is 8.69. The highest BCUT2D eigenvalue weighted by Gasteiger charge is 2.32. The number of hydrogen-bond donors (Lipinski definition) is 1. The molecule has 1 amide bonds. The van der Waals surface area contributed by atoms with Crippen LogP contribution in [0, 0.1) is 11.8 Å². The van der Waals surface area contributed by atoms with Gasteiger partial charge in [-0.05, 0) is 55.7 Å². The third kappa shape index (κ3) is 5.34. The number of methoxy groups -OCH3 is 1. The van der Waals surface area contributed by atoms with Gasteiger partial charge in [0.15, 0.2) is 0 Å². The Hall–Kier alpha value is -1.64. The van der Waals surface area contributed by atoms with Crippen molar-refractivity contribution in [2.45, 2.75) is 44.4 Å². The van der Waals surface area contributed by atoms with Crippen molar-refractivity contribution in [1.82, 2.24) is 9.62 Å². The number of piperidine rings is 2. The first kappa shape index (κ1) is 23.0. The van der Waals surface area contributed by atoms with Crippen LogP contribution in [-0.4, -0.2) is 65.1 Å². The van der Waals surface area contributed by atoms with Crippen molar-refractivity contribution in [3.8, 4) is 0 Å². The van der Waals surface area contributed by atoms with E-state index in [9.17, 15) is 13.2 Å². The van der Waals surface area contributed by atoms with Gasteiger partial charge in [0.05, 0.1) is 12.3 Å². The zero-order valence-electron chi connectivity index (χ0n) is 18.4. The van der Waals surface area contributed by atoms with Crippen LogP contribution >= 0.6 is 0 Å². The average molecular weight is 438 g/mol. The Bertz CT molecular complexity index is 827. The zero-order valence-corrected chi connectivity index (χ0v) is 19.2. The van der Waals surface area contributed by atoms with Crippen molar-refractivity contribution in [3.63, 3.8) is 0 Å². The smallest absolute Gasteiger partial charge is 0.251 e. The fourth-order valence-electron chi connectivity index (χ4n) is 4.11. The Balaban J connectivity index is 1.93. The van der Waals surface area contributed by atoms with Gasteiger partial charge in [-0.3, -0.25) is 4.79 Å². The second-order valence-corrected chi connectivity index (χ2v) is 10.6. The van der Waals surface area contributed by atoms with Gasteiger partial charge in [-0.25, -0.2) is 8.42 Å². The van der Waals surface area contributed by atoms with Crippen molar-refractivity contribution in [1.29, 1.82) is 0 Å². The largest absolute Gasteiger partial charge is 0.383 e. The van der Waals surface area contributed by atoms with Crippen molar-refractivity contribution >= 4 is 21.6 Å². The molecular weight excluding hydrogens is 402 g/mol. The molecule has 0 spiro atoms. The van der Waals surface area contributed by atoms with Crippen LogP contribution < -0.4 is 10.2 Å². The summed E-state index contributed by atoms with van der Waals surface area (Å²) in [6.07, 6.45) is 3.82. The first-order valence-electron chi connectivity index (χ1n) is 11.0. The first-order valence-corrected chi connectivity index (χ1v) is 12.4. The predicted octanol–water partition coefficient (Wildman–Crippen LogP) is 2.72. The third-order valence-corrected chi connectivity index (χ3v) is 8.23. The summed E-state index contributed by atoms with van der Waals surface area (Å²) in [5.74, 6) is 0.905. The molecule has 2 saturated heterocycles. The highest BCUT2D eigenvalue weighted by atomic mass is 32.2. The van der Waals surface area contributed by atoms with Crippen molar-refractivity contribution in [3.05, 3.63) is 23.8 Å². The highest BCUT2D eigenvalue weighted by molar-refractivity contribution is 7.89. The Kier molecular flexibility index (Phi) is 7.76. The molecule has 1 aromatic carbocycles. The van der Waals surface area contributed by atoms with Crippen LogP contribution in [0.25, 0.3) is 0 Å². The maximum Gasteiger partial charge on any atom is 0.251 e. The van der Waals surface area contributed by atoms with Crippen LogP contribution in [0.15, 0.2) is 23.1 Å². The number of hydrogen-bond acceptors (Lipinski definition) is 5. The normalized spacial score (nSPS) is 19.8. The summed E-state index contributed by atoms with van der Waals surface area (Å²) in [6.45, 7) is 7.92. The van der Waals surface area contributed by atoms with Crippen LogP contribution in [-0.2, 0) is 14.8 Å². The van der Waals surface area contributed by atoms with Crippen LogP contribution in [0.5, 0.6) is 0 Å². The van der Waals surface area contributed by atoms with E-state index in [0.717, 1.165) is 38.8 Å². The average Bonchev–Trinajstić information content (AvgIpc) is 2.74.